The molecule has 1 saturated heterocycles. The van der Waals surface area contributed by atoms with E-state index in [2.05, 4.69) is 20.3 Å². The van der Waals surface area contributed by atoms with E-state index >= 15 is 0 Å². The number of nitrogens with zero attached hydrogens (tertiary/aromatic N) is 5. The number of benzene rings is 1. The molecule has 43 heavy (non-hydrogen) atoms. The smallest absolute Gasteiger partial charge is 0.347 e. The summed E-state index contributed by atoms with van der Waals surface area (Å²) in [5.41, 5.74) is 0.361. The highest BCUT2D eigenvalue weighted by Gasteiger charge is 2.57. The predicted molar refractivity (Wildman–Crippen MR) is 160 cm³/mol. The minimum absolute atomic E-state index is 0.0236. The molecule has 1 aromatic carbocycles. The number of anilines is 1. The molecule has 14 nitrogen and oxygen atoms in total. The fourth-order valence-electron chi connectivity index (χ4n) is 5.43. The second-order valence-corrected chi connectivity index (χ2v) is 13.4. The lowest BCUT2D eigenvalue weighted by molar-refractivity contribution is -0.116. The highest BCUT2D eigenvalue weighted by molar-refractivity contribution is 7.63. The number of nitrogens with one attached hydrogen (secondary N) is 2. The van der Waals surface area contributed by atoms with Gasteiger partial charge in [-0.3, -0.25) is 24.5 Å². The number of carbonyl (C=O) groups is 1. The summed E-state index contributed by atoms with van der Waals surface area (Å²) in [5.74, 6) is -0.457. The lowest BCUT2D eigenvalue weighted by Gasteiger charge is -2.36. The summed E-state index contributed by atoms with van der Waals surface area (Å²) in [7, 11) is -3.44. The number of carbonyl (C=O) groups excluding carboxylic acids is 1. The molecular formula is C28H39N7O7P+. The van der Waals surface area contributed by atoms with Crippen molar-refractivity contribution in [1.82, 2.24) is 24.2 Å². The monoisotopic (exact) mass is 616 g/mol. The largest absolute Gasteiger partial charge is 0.394 e. The van der Waals surface area contributed by atoms with Gasteiger partial charge in [0.2, 0.25) is 11.9 Å². The molecule has 5 N–H and O–H groups in total. The van der Waals surface area contributed by atoms with Gasteiger partial charge in [-0.1, -0.05) is 30.3 Å². The van der Waals surface area contributed by atoms with Crippen LogP contribution in [-0.4, -0.2) is 88.4 Å². The van der Waals surface area contributed by atoms with Crippen LogP contribution in [-0.2, 0) is 20.5 Å². The topological polar surface area (TPSA) is 199 Å². The Morgan fingerprint density at radius 3 is 2.60 bits per heavy atom. The van der Waals surface area contributed by atoms with E-state index in [9.17, 15) is 30.0 Å². The summed E-state index contributed by atoms with van der Waals surface area (Å²) in [6.07, 6.45) is -2.86. The molecular weight excluding hydrogens is 577 g/mol. The van der Waals surface area contributed by atoms with Crippen LogP contribution in [0, 0.1) is 11.3 Å². The van der Waals surface area contributed by atoms with Crippen LogP contribution in [0.2, 0.25) is 0 Å². The number of aromatic amines is 1. The highest BCUT2D eigenvalue weighted by atomic mass is 31.2. The van der Waals surface area contributed by atoms with Crippen molar-refractivity contribution in [3.05, 3.63) is 52.6 Å². The molecule has 0 aliphatic carbocycles. The van der Waals surface area contributed by atoms with Crippen molar-refractivity contribution < 1.29 is 29.2 Å². The number of aryl methyl sites for hydroxylation is 1. The molecule has 0 radical (unpaired) electrons. The molecule has 15 heteroatoms. The summed E-state index contributed by atoms with van der Waals surface area (Å²) in [4.78, 5) is 48.2. The van der Waals surface area contributed by atoms with Crippen LogP contribution in [0.3, 0.4) is 0 Å². The number of fused-ring (bicyclic) bond motifs is 1. The van der Waals surface area contributed by atoms with Crippen molar-refractivity contribution in [2.75, 3.05) is 18.1 Å². The zero-order chi connectivity index (χ0) is 31.3. The van der Waals surface area contributed by atoms with Crippen LogP contribution in [0.15, 0.2) is 41.5 Å². The van der Waals surface area contributed by atoms with Gasteiger partial charge in [0.1, 0.15) is 18.4 Å². The van der Waals surface area contributed by atoms with Crippen LogP contribution in [0.5, 0.6) is 0 Å². The SMILES string of the molecule is CC(C)N(C(C)C)[P+](O)(CCC#N)O[C@H]1[C@@H](O)[C@H](n2cnc3c(=O)[nH]c(NC(=O)CCc4ccccc4)nc32)O[C@@H]1CO. The molecule has 1 aliphatic heterocycles. The Bertz CT molecular complexity index is 1480. The van der Waals surface area contributed by atoms with Crippen LogP contribution in [0.1, 0.15) is 52.3 Å². The van der Waals surface area contributed by atoms with Crippen molar-refractivity contribution in [3.8, 4) is 6.07 Å². The quantitative estimate of drug-likeness (QED) is 0.176. The molecule has 3 aromatic rings. The maximum absolute atomic E-state index is 12.8. The molecule has 0 spiro atoms. The fourth-order valence-corrected chi connectivity index (χ4v) is 8.36. The third kappa shape index (κ3) is 7.27. The van der Waals surface area contributed by atoms with Gasteiger partial charge in [-0.15, -0.1) is 4.67 Å². The Morgan fingerprint density at radius 1 is 1.28 bits per heavy atom. The molecule has 1 amide bonds. The highest BCUT2D eigenvalue weighted by Crippen LogP contribution is 2.63. The maximum Gasteiger partial charge on any atom is 0.347 e. The normalized spacial score (nSPS) is 21.9. The molecule has 1 unspecified atom stereocenters. The van der Waals surface area contributed by atoms with Gasteiger partial charge < -0.3 is 14.9 Å². The molecule has 4 rings (SSSR count). The number of nitriles is 1. The van der Waals surface area contributed by atoms with E-state index in [0.29, 0.717) is 6.42 Å². The van der Waals surface area contributed by atoms with Gasteiger partial charge >= 0.3 is 7.87 Å². The molecule has 2 aromatic heterocycles. The average Bonchev–Trinajstić information content (AvgIpc) is 3.51. The third-order valence-electron chi connectivity index (χ3n) is 7.16. The lowest BCUT2D eigenvalue weighted by atomic mass is 10.1. The van der Waals surface area contributed by atoms with E-state index in [1.807, 2.05) is 64.1 Å². The van der Waals surface area contributed by atoms with Gasteiger partial charge in [-0.25, -0.2) is 9.88 Å². The van der Waals surface area contributed by atoms with E-state index in [1.54, 1.807) is 4.67 Å². The molecule has 1 aliphatic rings. The number of aromatic nitrogens is 4. The number of rotatable bonds is 13. The Balaban J connectivity index is 1.59. The number of aliphatic hydroxyl groups excluding tert-OH is 2. The van der Waals surface area contributed by atoms with Crippen molar-refractivity contribution >= 4 is 30.9 Å². The zero-order valence-corrected chi connectivity index (χ0v) is 25.5. The van der Waals surface area contributed by atoms with Crippen molar-refractivity contribution in [2.45, 2.75) is 83.6 Å². The fraction of sp³-hybridized carbons (Fsp3) is 0.536. The van der Waals surface area contributed by atoms with Gasteiger partial charge in [-0.05, 0) is 39.7 Å². The first kappa shape index (κ1) is 32.6. The molecule has 0 saturated carbocycles. The summed E-state index contributed by atoms with van der Waals surface area (Å²) >= 11 is 0. The second kappa shape index (κ2) is 14.0. The van der Waals surface area contributed by atoms with Gasteiger partial charge in [0.15, 0.2) is 23.5 Å². The molecule has 5 atom stereocenters. The van der Waals surface area contributed by atoms with E-state index in [4.69, 9.17) is 9.26 Å². The Labute approximate surface area is 249 Å². The van der Waals surface area contributed by atoms with Crippen LogP contribution in [0.25, 0.3) is 11.2 Å². The first-order valence-corrected chi connectivity index (χ1v) is 16.0. The summed E-state index contributed by atoms with van der Waals surface area (Å²) in [5, 5.41) is 33.4. The number of imidazole rings is 1. The van der Waals surface area contributed by atoms with Crippen molar-refractivity contribution in [1.29, 1.82) is 5.26 Å². The minimum atomic E-state index is -3.44. The zero-order valence-electron chi connectivity index (χ0n) is 24.6. The third-order valence-corrected chi connectivity index (χ3v) is 10.2. The van der Waals surface area contributed by atoms with Gasteiger partial charge in [0.25, 0.3) is 5.56 Å². The molecule has 1 fully saturated rings. The number of amides is 1. The standard InChI is InChI=1S/C28H38N7O7P/c1-17(2)35(18(3)4)43(40,14-8-13-29)42-24-20(15-36)41-27(23(24)38)34-16-30-22-25(34)32-28(33-26(22)39)31-21(37)12-11-19-9-6-5-7-10-19/h5-7,9-10,16-18,20,23-24,27,36,38,40H,8,11-12,14-15H2,1-4H3,(H-,31,32,33,37,39)/p+1/t20-,23-,24-,27-,43?/m1/s1. The first-order chi connectivity index (χ1) is 20.5. The summed E-state index contributed by atoms with van der Waals surface area (Å²) in [6, 6.07) is 11.2. The Morgan fingerprint density at radius 2 is 1.98 bits per heavy atom. The summed E-state index contributed by atoms with van der Waals surface area (Å²) < 4.78 is 15.3. The number of H-pyrrole nitrogens is 1. The lowest BCUT2D eigenvalue weighted by Crippen LogP contribution is -2.43. The van der Waals surface area contributed by atoms with E-state index < -0.39 is 44.6 Å². The Kier molecular flexibility index (Phi) is 10.6. The number of hydrogen-bond acceptors (Lipinski definition) is 11. The second-order valence-electron chi connectivity index (χ2n) is 10.9. The van der Waals surface area contributed by atoms with Gasteiger partial charge in [-0.2, -0.15) is 14.8 Å². The van der Waals surface area contributed by atoms with E-state index in [1.165, 1.54) is 10.9 Å². The number of hydrogen-bond donors (Lipinski definition) is 5. The van der Waals surface area contributed by atoms with Crippen molar-refractivity contribution in [2.24, 2.45) is 0 Å². The number of aliphatic hydroxyl groups is 2. The average molecular weight is 617 g/mol. The number of ether oxygens (including phenoxy) is 1. The Hall–Kier alpha value is -3.28. The predicted octanol–water partition coefficient (Wildman–Crippen LogP) is 2.11. The van der Waals surface area contributed by atoms with Crippen LogP contribution >= 0.6 is 7.87 Å². The first-order valence-electron chi connectivity index (χ1n) is 14.2. The maximum atomic E-state index is 12.8. The van der Waals surface area contributed by atoms with E-state index in [-0.39, 0.29) is 54.1 Å². The van der Waals surface area contributed by atoms with Crippen LogP contribution < -0.4 is 10.9 Å². The minimum Gasteiger partial charge on any atom is -0.394 e. The molecule has 3 heterocycles. The molecule has 232 valence electrons. The summed E-state index contributed by atoms with van der Waals surface area (Å²) in [6.45, 7) is 7.05. The van der Waals surface area contributed by atoms with E-state index in [0.717, 1.165) is 5.56 Å². The molecule has 0 bridgehead atoms. The van der Waals surface area contributed by atoms with Gasteiger partial charge in [0.05, 0.1) is 25.4 Å². The van der Waals surface area contributed by atoms with Crippen molar-refractivity contribution in [3.63, 3.8) is 0 Å². The van der Waals surface area contributed by atoms with Gasteiger partial charge in [0, 0.05) is 18.5 Å². The van der Waals surface area contributed by atoms with Crippen LogP contribution in [0.4, 0.5) is 5.95 Å².